The summed E-state index contributed by atoms with van der Waals surface area (Å²) in [4.78, 5) is 72.9. The standard InChI is InChI=1S/C81H158O17P2/c1-9-72(6)58-50-42-34-28-24-20-16-14-12-13-15-17-23-27-31-37-47-55-63-80(85)97-77(68-92-79(84)62-54-46-40-39-44-52-60-74(8)11-3)70-96-100(89,90)94-66-75(82)65-93-99(87,88)95-69-76(98-81(86)64-56-48-38-32-33-41-49-57-71(4)5)67-91-78(83)61-53-45-36-30-26-22-19-18-21-25-29-35-43-51-59-73(7)10-2/h71-77,82H,9-70H2,1-8H3,(H,87,88)(H,89,90)/t72?,73?,74?,75-,76-,77-/m1/s1. The molecule has 17 nitrogen and oxygen atoms in total. The van der Waals surface area contributed by atoms with E-state index in [9.17, 15) is 43.2 Å². The maximum absolute atomic E-state index is 13.1. The van der Waals surface area contributed by atoms with Crippen molar-refractivity contribution in [1.29, 1.82) is 0 Å². The van der Waals surface area contributed by atoms with Gasteiger partial charge in [0, 0.05) is 25.7 Å². The Bertz CT molecular complexity index is 1960. The number of unbranched alkanes of at least 4 members (excludes halogenated alkanes) is 41. The van der Waals surface area contributed by atoms with Crippen molar-refractivity contribution < 1.29 is 80.2 Å². The minimum Gasteiger partial charge on any atom is -0.462 e. The van der Waals surface area contributed by atoms with Crippen LogP contribution in [0.3, 0.4) is 0 Å². The quantitative estimate of drug-likeness (QED) is 0.0222. The summed E-state index contributed by atoms with van der Waals surface area (Å²) in [5.41, 5.74) is 0. The van der Waals surface area contributed by atoms with Gasteiger partial charge in [-0.2, -0.15) is 0 Å². The number of hydrogen-bond acceptors (Lipinski definition) is 15. The van der Waals surface area contributed by atoms with Gasteiger partial charge < -0.3 is 33.8 Å². The maximum Gasteiger partial charge on any atom is 0.472 e. The number of phosphoric acid groups is 2. The molecular formula is C81H158O17P2. The van der Waals surface area contributed by atoms with Crippen LogP contribution < -0.4 is 0 Å². The highest BCUT2D eigenvalue weighted by molar-refractivity contribution is 7.47. The predicted octanol–water partition coefficient (Wildman–Crippen LogP) is 24.0. The van der Waals surface area contributed by atoms with E-state index < -0.39 is 97.5 Å². The van der Waals surface area contributed by atoms with E-state index in [1.54, 1.807) is 0 Å². The molecular weight excluding hydrogens is 1310 g/mol. The second kappa shape index (κ2) is 70.1. The summed E-state index contributed by atoms with van der Waals surface area (Å²) in [6.07, 6.45) is 57.1. The van der Waals surface area contributed by atoms with Gasteiger partial charge in [0.25, 0.3) is 0 Å². The summed E-state index contributed by atoms with van der Waals surface area (Å²) in [7, 11) is -9.92. The first-order valence-electron chi connectivity index (χ1n) is 41.8. The van der Waals surface area contributed by atoms with Gasteiger partial charge in [-0.3, -0.25) is 37.3 Å². The monoisotopic (exact) mass is 1470 g/mol. The van der Waals surface area contributed by atoms with Crippen molar-refractivity contribution in [3.63, 3.8) is 0 Å². The molecule has 0 aromatic rings. The van der Waals surface area contributed by atoms with Crippen molar-refractivity contribution in [2.24, 2.45) is 23.7 Å². The Balaban J connectivity index is 5.14. The molecule has 8 atom stereocenters. The number of hydrogen-bond donors (Lipinski definition) is 3. The molecule has 0 spiro atoms. The van der Waals surface area contributed by atoms with Crippen molar-refractivity contribution in [3.8, 4) is 0 Å². The van der Waals surface area contributed by atoms with Crippen LogP contribution in [0.4, 0.5) is 0 Å². The molecule has 0 rings (SSSR count). The fraction of sp³-hybridized carbons (Fsp3) is 0.951. The van der Waals surface area contributed by atoms with Gasteiger partial charge in [0.2, 0.25) is 0 Å². The van der Waals surface area contributed by atoms with E-state index in [4.69, 9.17) is 37.0 Å². The van der Waals surface area contributed by atoms with Crippen LogP contribution in [-0.4, -0.2) is 96.7 Å². The molecule has 0 bridgehead atoms. The number of aliphatic hydroxyl groups is 1. The van der Waals surface area contributed by atoms with E-state index in [1.807, 2.05) is 0 Å². The molecule has 0 aromatic heterocycles. The molecule has 0 aliphatic rings. The molecule has 0 saturated heterocycles. The van der Waals surface area contributed by atoms with Gasteiger partial charge in [-0.05, 0) is 49.4 Å². The highest BCUT2D eigenvalue weighted by atomic mass is 31.2. The average molecular weight is 1470 g/mol. The van der Waals surface area contributed by atoms with Gasteiger partial charge in [-0.15, -0.1) is 0 Å². The number of aliphatic hydroxyl groups excluding tert-OH is 1. The van der Waals surface area contributed by atoms with Crippen LogP contribution in [0.5, 0.6) is 0 Å². The van der Waals surface area contributed by atoms with Crippen LogP contribution in [0.2, 0.25) is 0 Å². The third kappa shape index (κ3) is 70.4. The number of phosphoric ester groups is 2. The Morgan fingerprint density at radius 1 is 0.280 bits per heavy atom. The first-order valence-corrected chi connectivity index (χ1v) is 44.8. The molecule has 0 aliphatic heterocycles. The minimum atomic E-state index is -4.96. The van der Waals surface area contributed by atoms with Crippen LogP contribution in [0, 0.1) is 23.7 Å². The Kier molecular flexibility index (Phi) is 68.7. The predicted molar refractivity (Wildman–Crippen MR) is 409 cm³/mol. The van der Waals surface area contributed by atoms with Crippen molar-refractivity contribution in [2.45, 2.75) is 433 Å². The summed E-state index contributed by atoms with van der Waals surface area (Å²) < 4.78 is 68.6. The van der Waals surface area contributed by atoms with Gasteiger partial charge in [-0.25, -0.2) is 9.13 Å². The van der Waals surface area contributed by atoms with Gasteiger partial charge in [0.1, 0.15) is 19.3 Å². The number of carbonyl (C=O) groups is 4. The highest BCUT2D eigenvalue weighted by Crippen LogP contribution is 2.45. The molecule has 0 fully saturated rings. The SMILES string of the molecule is CCC(C)CCCCCCCCCCCCCCCCCCCCC(=O)O[C@H](COC(=O)CCCCCCCCC(C)CC)COP(=O)(O)OC[C@H](O)COP(=O)(O)OC[C@@H](COC(=O)CCCCCCCCCCCCCCCCC(C)CC)OC(=O)CCCCCCCCCC(C)C. The van der Waals surface area contributed by atoms with Gasteiger partial charge in [0.15, 0.2) is 12.2 Å². The molecule has 3 N–H and O–H groups in total. The van der Waals surface area contributed by atoms with Crippen molar-refractivity contribution in [2.75, 3.05) is 39.6 Å². The molecule has 19 heteroatoms. The average Bonchev–Trinajstić information content (AvgIpc) is 0.963. The first-order chi connectivity index (χ1) is 48.2. The van der Waals surface area contributed by atoms with Crippen molar-refractivity contribution in [1.82, 2.24) is 0 Å². The lowest BCUT2D eigenvalue weighted by atomic mass is 9.99. The Morgan fingerprint density at radius 2 is 0.480 bits per heavy atom. The number of carbonyl (C=O) groups excluding carboxylic acids is 4. The van der Waals surface area contributed by atoms with Gasteiger partial charge in [0.05, 0.1) is 26.4 Å². The van der Waals surface area contributed by atoms with Gasteiger partial charge >= 0.3 is 39.5 Å². The van der Waals surface area contributed by atoms with E-state index in [2.05, 4.69) is 55.4 Å². The number of rotatable bonds is 78. The van der Waals surface area contributed by atoms with Crippen LogP contribution in [0.15, 0.2) is 0 Å². The lowest BCUT2D eigenvalue weighted by molar-refractivity contribution is -0.161. The first kappa shape index (κ1) is 98.1. The summed E-state index contributed by atoms with van der Waals surface area (Å²) in [6.45, 7) is 14.3. The smallest absolute Gasteiger partial charge is 0.462 e. The topological polar surface area (TPSA) is 237 Å². The molecule has 5 unspecified atom stereocenters. The van der Waals surface area contributed by atoms with E-state index >= 15 is 0 Å². The second-order valence-corrected chi connectivity index (χ2v) is 33.3. The zero-order valence-electron chi connectivity index (χ0n) is 65.8. The Morgan fingerprint density at radius 3 is 0.710 bits per heavy atom. The summed E-state index contributed by atoms with van der Waals surface area (Å²) in [5, 5.41) is 10.6. The van der Waals surface area contributed by atoms with E-state index in [0.717, 1.165) is 114 Å². The van der Waals surface area contributed by atoms with Crippen LogP contribution in [0.1, 0.15) is 415 Å². The lowest BCUT2D eigenvalue weighted by Gasteiger charge is -2.21. The molecule has 594 valence electrons. The van der Waals surface area contributed by atoms with Crippen LogP contribution in [0.25, 0.3) is 0 Å². The third-order valence-electron chi connectivity index (χ3n) is 19.9. The lowest BCUT2D eigenvalue weighted by Crippen LogP contribution is -2.30. The molecule has 0 heterocycles. The van der Waals surface area contributed by atoms with Crippen molar-refractivity contribution in [3.05, 3.63) is 0 Å². The fourth-order valence-electron chi connectivity index (χ4n) is 12.3. The zero-order valence-corrected chi connectivity index (χ0v) is 67.6. The normalized spacial score (nSPS) is 14.8. The second-order valence-electron chi connectivity index (χ2n) is 30.4. The molecule has 100 heavy (non-hydrogen) atoms. The van der Waals surface area contributed by atoms with E-state index in [1.165, 1.54) is 212 Å². The fourth-order valence-corrected chi connectivity index (χ4v) is 13.9. The Labute approximate surface area is 613 Å². The van der Waals surface area contributed by atoms with Crippen molar-refractivity contribution >= 4 is 39.5 Å². The molecule has 0 amide bonds. The summed E-state index contributed by atoms with van der Waals surface area (Å²) in [6, 6.07) is 0. The molecule has 0 saturated carbocycles. The largest absolute Gasteiger partial charge is 0.472 e. The number of ether oxygens (including phenoxy) is 4. The highest BCUT2D eigenvalue weighted by Gasteiger charge is 2.30. The van der Waals surface area contributed by atoms with Crippen LogP contribution >= 0.6 is 15.6 Å². The minimum absolute atomic E-state index is 0.103. The molecule has 0 radical (unpaired) electrons. The van der Waals surface area contributed by atoms with E-state index in [-0.39, 0.29) is 25.7 Å². The number of esters is 4. The molecule has 0 aromatic carbocycles. The van der Waals surface area contributed by atoms with Gasteiger partial charge in [-0.1, -0.05) is 364 Å². The zero-order chi connectivity index (χ0) is 73.8. The Hall–Kier alpha value is -1.94. The summed E-state index contributed by atoms with van der Waals surface area (Å²) >= 11 is 0. The molecule has 0 aliphatic carbocycles. The van der Waals surface area contributed by atoms with Crippen LogP contribution in [-0.2, 0) is 65.4 Å². The maximum atomic E-state index is 13.1. The third-order valence-corrected chi connectivity index (χ3v) is 21.8. The van der Waals surface area contributed by atoms with E-state index in [0.29, 0.717) is 31.6 Å². The summed E-state index contributed by atoms with van der Waals surface area (Å²) in [5.74, 6) is 1.03.